The van der Waals surface area contributed by atoms with Crippen LogP contribution in [0.4, 0.5) is 0 Å². The number of carbonyl (C=O) groups is 2. The van der Waals surface area contributed by atoms with Crippen molar-refractivity contribution in [2.75, 3.05) is 6.54 Å². The van der Waals surface area contributed by atoms with E-state index in [0.29, 0.717) is 31.0 Å². The molecule has 6 nitrogen and oxygen atoms in total. The zero-order chi connectivity index (χ0) is 14.7. The Morgan fingerprint density at radius 2 is 2.30 bits per heavy atom. The molecule has 0 saturated carbocycles. The number of carboxylic acid groups (broad SMARTS) is 1. The summed E-state index contributed by atoms with van der Waals surface area (Å²) in [6.45, 7) is 2.89. The van der Waals surface area contributed by atoms with Gasteiger partial charge >= 0.3 is 5.97 Å². The average molecular weight is 300 g/mol. The predicted molar refractivity (Wildman–Crippen MR) is 73.4 cm³/mol. The minimum atomic E-state index is -0.825. The maximum absolute atomic E-state index is 12.2. The summed E-state index contributed by atoms with van der Waals surface area (Å²) < 4.78 is 1.61. The van der Waals surface area contributed by atoms with Gasteiger partial charge in [0.1, 0.15) is 0 Å². The minimum absolute atomic E-state index is 0.0323. The van der Waals surface area contributed by atoms with Gasteiger partial charge in [-0.25, -0.2) is 0 Å². The molecule has 2 atom stereocenters. The number of halogens is 1. The van der Waals surface area contributed by atoms with Crippen LogP contribution in [0.1, 0.15) is 26.2 Å². The normalized spacial score (nSPS) is 22.8. The predicted octanol–water partition coefficient (Wildman–Crippen LogP) is 1.64. The zero-order valence-corrected chi connectivity index (χ0v) is 12.1. The first-order valence-electron chi connectivity index (χ1n) is 6.69. The lowest BCUT2D eigenvalue weighted by molar-refractivity contribution is -0.149. The molecule has 0 spiro atoms. The third-order valence-corrected chi connectivity index (χ3v) is 3.98. The SMILES string of the molecule is C[C@@H]1[C@H](C(=O)O)CCCN1C(=O)CCn1cc(Cl)cn1. The smallest absolute Gasteiger partial charge is 0.308 e. The van der Waals surface area contributed by atoms with Crippen LogP contribution in [-0.2, 0) is 16.1 Å². The van der Waals surface area contributed by atoms with Crippen molar-refractivity contribution in [2.24, 2.45) is 5.92 Å². The second-order valence-corrected chi connectivity index (χ2v) is 5.52. The fraction of sp³-hybridized carbons (Fsp3) is 0.615. The monoisotopic (exact) mass is 299 g/mol. The number of nitrogens with zero attached hydrogens (tertiary/aromatic N) is 3. The molecule has 2 heterocycles. The lowest BCUT2D eigenvalue weighted by atomic mass is 9.90. The highest BCUT2D eigenvalue weighted by Crippen LogP contribution is 2.24. The molecule has 1 aromatic rings. The van der Waals surface area contributed by atoms with Gasteiger partial charge in [0.15, 0.2) is 0 Å². The molecule has 1 aromatic heterocycles. The van der Waals surface area contributed by atoms with Crippen LogP contribution in [0.25, 0.3) is 0 Å². The summed E-state index contributed by atoms with van der Waals surface area (Å²) in [7, 11) is 0. The molecule has 0 aromatic carbocycles. The van der Waals surface area contributed by atoms with Gasteiger partial charge in [-0.1, -0.05) is 11.6 Å². The van der Waals surface area contributed by atoms with Gasteiger partial charge in [-0.05, 0) is 19.8 Å². The summed E-state index contributed by atoms with van der Waals surface area (Å²) >= 11 is 5.76. The number of rotatable bonds is 4. The van der Waals surface area contributed by atoms with Crippen molar-refractivity contribution >= 4 is 23.5 Å². The standard InChI is InChI=1S/C13H18ClN3O3/c1-9-11(13(19)20)3-2-5-17(9)12(18)4-6-16-8-10(14)7-15-16/h7-9,11H,2-6H2,1H3,(H,19,20)/t9-,11-/m1/s1. The van der Waals surface area contributed by atoms with Gasteiger partial charge in [-0.15, -0.1) is 0 Å². The number of piperidine rings is 1. The molecule has 1 aliphatic heterocycles. The van der Waals surface area contributed by atoms with E-state index in [4.69, 9.17) is 16.7 Å². The zero-order valence-electron chi connectivity index (χ0n) is 11.3. The summed E-state index contributed by atoms with van der Waals surface area (Å²) in [4.78, 5) is 25.0. The molecule has 2 rings (SSSR count). The molecule has 20 heavy (non-hydrogen) atoms. The molecule has 0 radical (unpaired) electrons. The van der Waals surface area contributed by atoms with Crippen LogP contribution >= 0.6 is 11.6 Å². The van der Waals surface area contributed by atoms with E-state index in [1.807, 2.05) is 0 Å². The number of aromatic nitrogens is 2. The summed E-state index contributed by atoms with van der Waals surface area (Å²) in [5.41, 5.74) is 0. The number of amides is 1. The van der Waals surface area contributed by atoms with E-state index in [9.17, 15) is 9.59 Å². The van der Waals surface area contributed by atoms with Crippen LogP contribution in [0.3, 0.4) is 0 Å². The first-order valence-corrected chi connectivity index (χ1v) is 7.07. The molecule has 1 N–H and O–H groups in total. The molecule has 1 aliphatic rings. The van der Waals surface area contributed by atoms with Gasteiger partial charge in [-0.2, -0.15) is 5.10 Å². The van der Waals surface area contributed by atoms with Crippen LogP contribution in [0.2, 0.25) is 5.02 Å². The number of hydrogen-bond donors (Lipinski definition) is 1. The first kappa shape index (κ1) is 14.8. The highest BCUT2D eigenvalue weighted by molar-refractivity contribution is 6.30. The van der Waals surface area contributed by atoms with Gasteiger partial charge in [0, 0.05) is 31.7 Å². The molecule has 110 valence electrons. The molecule has 0 unspecified atom stereocenters. The number of carbonyl (C=O) groups excluding carboxylic acids is 1. The van der Waals surface area contributed by atoms with E-state index in [1.54, 1.807) is 22.7 Å². The maximum Gasteiger partial charge on any atom is 0.308 e. The average Bonchev–Trinajstić information content (AvgIpc) is 2.81. The van der Waals surface area contributed by atoms with Crippen LogP contribution in [0, 0.1) is 5.92 Å². The van der Waals surface area contributed by atoms with Gasteiger partial charge in [0.25, 0.3) is 0 Å². The van der Waals surface area contributed by atoms with Crippen LogP contribution in [-0.4, -0.2) is 44.3 Å². The Bertz CT molecular complexity index is 503. The maximum atomic E-state index is 12.2. The summed E-state index contributed by atoms with van der Waals surface area (Å²) in [5, 5.41) is 13.7. The Morgan fingerprint density at radius 3 is 2.90 bits per heavy atom. The fourth-order valence-electron chi connectivity index (χ4n) is 2.64. The van der Waals surface area contributed by atoms with Crippen molar-refractivity contribution in [3.8, 4) is 0 Å². The van der Waals surface area contributed by atoms with Crippen molar-refractivity contribution in [1.29, 1.82) is 0 Å². The van der Waals surface area contributed by atoms with Crippen molar-refractivity contribution in [2.45, 2.75) is 38.8 Å². The van der Waals surface area contributed by atoms with Crippen molar-refractivity contribution < 1.29 is 14.7 Å². The molecular formula is C13H18ClN3O3. The van der Waals surface area contributed by atoms with Gasteiger partial charge in [-0.3, -0.25) is 14.3 Å². The lowest BCUT2D eigenvalue weighted by Crippen LogP contribution is -2.49. The highest BCUT2D eigenvalue weighted by atomic mass is 35.5. The molecule has 1 amide bonds. The van der Waals surface area contributed by atoms with E-state index in [2.05, 4.69) is 5.10 Å². The molecule has 1 saturated heterocycles. The van der Waals surface area contributed by atoms with E-state index < -0.39 is 11.9 Å². The molecular weight excluding hydrogens is 282 g/mol. The van der Waals surface area contributed by atoms with Crippen molar-refractivity contribution in [3.63, 3.8) is 0 Å². The quantitative estimate of drug-likeness (QED) is 0.917. The summed E-state index contributed by atoms with van der Waals surface area (Å²) in [6.07, 6.45) is 4.86. The Hall–Kier alpha value is -1.56. The third-order valence-electron chi connectivity index (χ3n) is 3.78. The van der Waals surface area contributed by atoms with E-state index in [0.717, 1.165) is 6.42 Å². The van der Waals surface area contributed by atoms with Crippen LogP contribution < -0.4 is 0 Å². The molecule has 7 heteroatoms. The Balaban J connectivity index is 1.92. The molecule has 0 bridgehead atoms. The van der Waals surface area contributed by atoms with Gasteiger partial charge in [0.05, 0.1) is 17.1 Å². The molecule has 0 aliphatic carbocycles. The largest absolute Gasteiger partial charge is 0.481 e. The second kappa shape index (κ2) is 6.26. The number of hydrogen-bond acceptors (Lipinski definition) is 3. The Morgan fingerprint density at radius 1 is 1.55 bits per heavy atom. The minimum Gasteiger partial charge on any atom is -0.481 e. The van der Waals surface area contributed by atoms with Gasteiger partial charge in [0.2, 0.25) is 5.91 Å². The van der Waals surface area contributed by atoms with E-state index in [1.165, 1.54) is 6.20 Å². The Kier molecular flexibility index (Phi) is 4.65. The number of aliphatic carboxylic acids is 1. The Labute approximate surface area is 122 Å². The van der Waals surface area contributed by atoms with E-state index >= 15 is 0 Å². The first-order chi connectivity index (χ1) is 9.49. The van der Waals surface area contributed by atoms with Crippen LogP contribution in [0.5, 0.6) is 0 Å². The number of carboxylic acids is 1. The lowest BCUT2D eigenvalue weighted by Gasteiger charge is -2.37. The summed E-state index contributed by atoms with van der Waals surface area (Å²) in [6, 6.07) is -0.255. The fourth-order valence-corrected chi connectivity index (χ4v) is 2.80. The highest BCUT2D eigenvalue weighted by Gasteiger charge is 2.34. The van der Waals surface area contributed by atoms with Crippen molar-refractivity contribution in [1.82, 2.24) is 14.7 Å². The number of likely N-dealkylation sites (tertiary alicyclic amines) is 1. The topological polar surface area (TPSA) is 75.4 Å². The van der Waals surface area contributed by atoms with Gasteiger partial charge < -0.3 is 10.0 Å². The molecule has 1 fully saturated rings. The summed E-state index contributed by atoms with van der Waals surface area (Å²) in [5.74, 6) is -1.32. The third kappa shape index (κ3) is 3.30. The number of aryl methyl sites for hydroxylation is 1. The van der Waals surface area contributed by atoms with E-state index in [-0.39, 0.29) is 11.9 Å². The van der Waals surface area contributed by atoms with Crippen LogP contribution in [0.15, 0.2) is 12.4 Å². The second-order valence-electron chi connectivity index (χ2n) is 5.09. The van der Waals surface area contributed by atoms with Crippen molar-refractivity contribution in [3.05, 3.63) is 17.4 Å².